The minimum atomic E-state index is -0.132. The van der Waals surface area contributed by atoms with Gasteiger partial charge in [0.25, 0.3) is 0 Å². The molecule has 0 aromatic heterocycles. The fraction of sp³-hybridized carbons (Fsp3) is 0.778. The first-order chi connectivity index (χ1) is 4.79. The Morgan fingerprint density at radius 2 is 2.50 bits per heavy atom. The average Bonchev–Trinajstić information content (AvgIpc) is 1.88. The summed E-state index contributed by atoms with van der Waals surface area (Å²) in [5, 5.41) is 9.07. The van der Waals surface area contributed by atoms with Gasteiger partial charge in [0, 0.05) is 0 Å². The Kier molecular flexibility index (Phi) is 2.94. The molecule has 10 heavy (non-hydrogen) atoms. The Hall–Kier alpha value is -0.300. The third-order valence-corrected chi connectivity index (χ3v) is 2.00. The SMILES string of the molecule is CC(O)CC1C=CCCC1. The van der Waals surface area contributed by atoms with E-state index in [4.69, 9.17) is 5.11 Å². The lowest BCUT2D eigenvalue weighted by molar-refractivity contribution is 0.166. The minimum absolute atomic E-state index is 0.132. The molecule has 58 valence electrons. The quantitative estimate of drug-likeness (QED) is 0.582. The number of aliphatic hydroxyl groups excluding tert-OH is 1. The van der Waals surface area contributed by atoms with Crippen LogP contribution >= 0.6 is 0 Å². The highest BCUT2D eigenvalue weighted by Crippen LogP contribution is 2.21. The zero-order valence-corrected chi connectivity index (χ0v) is 6.59. The molecule has 0 heterocycles. The predicted molar refractivity (Wildman–Crippen MR) is 42.8 cm³/mol. The minimum Gasteiger partial charge on any atom is -0.393 e. The number of rotatable bonds is 2. The molecule has 0 aromatic rings. The van der Waals surface area contributed by atoms with Crippen molar-refractivity contribution < 1.29 is 5.11 Å². The van der Waals surface area contributed by atoms with Gasteiger partial charge in [-0.05, 0) is 38.5 Å². The van der Waals surface area contributed by atoms with Gasteiger partial charge in [-0.25, -0.2) is 0 Å². The molecule has 0 amide bonds. The molecular formula is C9H16O. The smallest absolute Gasteiger partial charge is 0.0517 e. The van der Waals surface area contributed by atoms with Crippen molar-refractivity contribution in [2.45, 2.75) is 38.7 Å². The van der Waals surface area contributed by atoms with Crippen molar-refractivity contribution in [1.82, 2.24) is 0 Å². The van der Waals surface area contributed by atoms with Crippen molar-refractivity contribution in [3.05, 3.63) is 12.2 Å². The number of allylic oxidation sites excluding steroid dienone is 2. The first kappa shape index (κ1) is 7.80. The molecule has 0 aliphatic heterocycles. The summed E-state index contributed by atoms with van der Waals surface area (Å²) in [7, 11) is 0. The molecule has 1 nitrogen and oxygen atoms in total. The van der Waals surface area contributed by atoms with Gasteiger partial charge in [-0.3, -0.25) is 0 Å². The van der Waals surface area contributed by atoms with Crippen LogP contribution in [0.1, 0.15) is 32.6 Å². The molecule has 0 fully saturated rings. The summed E-state index contributed by atoms with van der Waals surface area (Å²) in [5.41, 5.74) is 0. The molecule has 1 aliphatic rings. The van der Waals surface area contributed by atoms with E-state index >= 15 is 0 Å². The van der Waals surface area contributed by atoms with E-state index < -0.39 is 0 Å². The van der Waals surface area contributed by atoms with Gasteiger partial charge >= 0.3 is 0 Å². The third-order valence-electron chi connectivity index (χ3n) is 2.00. The van der Waals surface area contributed by atoms with Crippen LogP contribution in [-0.4, -0.2) is 11.2 Å². The summed E-state index contributed by atoms with van der Waals surface area (Å²) in [6, 6.07) is 0. The summed E-state index contributed by atoms with van der Waals surface area (Å²) in [6.45, 7) is 1.86. The van der Waals surface area contributed by atoms with E-state index in [1.165, 1.54) is 19.3 Å². The molecule has 1 rings (SSSR count). The van der Waals surface area contributed by atoms with E-state index in [9.17, 15) is 0 Å². The first-order valence-electron chi connectivity index (χ1n) is 4.14. The van der Waals surface area contributed by atoms with Gasteiger partial charge in [0.1, 0.15) is 0 Å². The highest BCUT2D eigenvalue weighted by atomic mass is 16.3. The second-order valence-electron chi connectivity index (χ2n) is 3.20. The predicted octanol–water partition coefficient (Wildman–Crippen LogP) is 2.11. The zero-order valence-electron chi connectivity index (χ0n) is 6.59. The lowest BCUT2D eigenvalue weighted by Crippen LogP contribution is -2.09. The van der Waals surface area contributed by atoms with Crippen LogP contribution in [-0.2, 0) is 0 Å². The van der Waals surface area contributed by atoms with Gasteiger partial charge in [-0.15, -0.1) is 0 Å². The van der Waals surface area contributed by atoms with Crippen LogP contribution in [0.2, 0.25) is 0 Å². The molecule has 0 bridgehead atoms. The van der Waals surface area contributed by atoms with E-state index in [0.29, 0.717) is 5.92 Å². The van der Waals surface area contributed by atoms with Gasteiger partial charge in [-0.2, -0.15) is 0 Å². The maximum Gasteiger partial charge on any atom is 0.0517 e. The van der Waals surface area contributed by atoms with E-state index in [1.54, 1.807) is 0 Å². The lowest BCUT2D eigenvalue weighted by atomic mass is 9.91. The van der Waals surface area contributed by atoms with Crippen molar-refractivity contribution in [1.29, 1.82) is 0 Å². The van der Waals surface area contributed by atoms with E-state index in [-0.39, 0.29) is 6.10 Å². The van der Waals surface area contributed by atoms with Crippen molar-refractivity contribution in [3.8, 4) is 0 Å². The second-order valence-corrected chi connectivity index (χ2v) is 3.20. The van der Waals surface area contributed by atoms with Crippen LogP contribution in [0.3, 0.4) is 0 Å². The van der Waals surface area contributed by atoms with E-state index in [2.05, 4.69) is 12.2 Å². The first-order valence-corrected chi connectivity index (χ1v) is 4.14. The molecule has 2 unspecified atom stereocenters. The molecule has 0 radical (unpaired) electrons. The maximum atomic E-state index is 9.07. The van der Waals surface area contributed by atoms with Gasteiger partial charge in [0.05, 0.1) is 6.10 Å². The molecule has 0 aromatic carbocycles. The summed E-state index contributed by atoms with van der Waals surface area (Å²) in [5.74, 6) is 0.647. The van der Waals surface area contributed by atoms with Crippen LogP contribution in [0.4, 0.5) is 0 Å². The van der Waals surface area contributed by atoms with Crippen molar-refractivity contribution >= 4 is 0 Å². The average molecular weight is 140 g/mol. The van der Waals surface area contributed by atoms with Crippen LogP contribution in [0.5, 0.6) is 0 Å². The van der Waals surface area contributed by atoms with Crippen LogP contribution in [0.25, 0.3) is 0 Å². The van der Waals surface area contributed by atoms with E-state index in [1.807, 2.05) is 6.92 Å². The highest BCUT2D eigenvalue weighted by molar-refractivity contribution is 4.93. The monoisotopic (exact) mass is 140 g/mol. The summed E-state index contributed by atoms with van der Waals surface area (Å²) in [4.78, 5) is 0. The van der Waals surface area contributed by atoms with Gasteiger partial charge in [0.2, 0.25) is 0 Å². The van der Waals surface area contributed by atoms with Gasteiger partial charge < -0.3 is 5.11 Å². The Balaban J connectivity index is 2.26. The molecule has 0 saturated carbocycles. The fourth-order valence-electron chi connectivity index (χ4n) is 1.52. The zero-order chi connectivity index (χ0) is 7.40. The Bertz CT molecular complexity index is 116. The van der Waals surface area contributed by atoms with Crippen LogP contribution in [0, 0.1) is 5.92 Å². The summed E-state index contributed by atoms with van der Waals surface area (Å²) < 4.78 is 0. The molecular weight excluding hydrogens is 124 g/mol. The normalized spacial score (nSPS) is 28.4. The topological polar surface area (TPSA) is 20.2 Å². The number of hydrogen-bond donors (Lipinski definition) is 1. The number of aliphatic hydroxyl groups is 1. The fourth-order valence-corrected chi connectivity index (χ4v) is 1.52. The van der Waals surface area contributed by atoms with Crippen LogP contribution < -0.4 is 0 Å². The van der Waals surface area contributed by atoms with Crippen LogP contribution in [0.15, 0.2) is 12.2 Å². The Morgan fingerprint density at radius 3 is 3.00 bits per heavy atom. The Labute approximate surface area is 62.8 Å². The molecule has 0 saturated heterocycles. The molecule has 0 spiro atoms. The van der Waals surface area contributed by atoms with E-state index in [0.717, 1.165) is 6.42 Å². The van der Waals surface area contributed by atoms with Crippen molar-refractivity contribution in [2.75, 3.05) is 0 Å². The lowest BCUT2D eigenvalue weighted by Gasteiger charge is -2.17. The summed E-state index contributed by atoms with van der Waals surface area (Å²) in [6.07, 6.45) is 9.09. The number of hydrogen-bond acceptors (Lipinski definition) is 1. The van der Waals surface area contributed by atoms with Crippen molar-refractivity contribution in [3.63, 3.8) is 0 Å². The molecule has 2 atom stereocenters. The largest absolute Gasteiger partial charge is 0.393 e. The highest BCUT2D eigenvalue weighted by Gasteiger charge is 2.09. The second kappa shape index (κ2) is 3.77. The standard InChI is InChI=1S/C9H16O/c1-8(10)7-9-5-3-2-4-6-9/h3,5,8-10H,2,4,6-7H2,1H3. The molecule has 1 aliphatic carbocycles. The third kappa shape index (κ3) is 2.53. The van der Waals surface area contributed by atoms with Crippen molar-refractivity contribution in [2.24, 2.45) is 5.92 Å². The maximum absolute atomic E-state index is 9.07. The molecule has 1 N–H and O–H groups in total. The summed E-state index contributed by atoms with van der Waals surface area (Å²) >= 11 is 0. The van der Waals surface area contributed by atoms with Gasteiger partial charge in [0.15, 0.2) is 0 Å². The molecule has 1 heteroatoms. The Morgan fingerprint density at radius 1 is 1.70 bits per heavy atom. The van der Waals surface area contributed by atoms with Gasteiger partial charge in [-0.1, -0.05) is 12.2 Å².